The molecule has 0 fully saturated rings. The van der Waals surface area contributed by atoms with Crippen LogP contribution in [0.3, 0.4) is 0 Å². The molecule has 1 heterocycles. The smallest absolute Gasteiger partial charge is 0.344 e. The molecule has 0 radical (unpaired) electrons. The standard InChI is InChI=1S/C24H24ClNO5/c1-5-10-30-24(29)18-7-9-21-19(12-18)14(2)15(3)26(21)13-17-6-8-20(25)22(11-17)31-16(4)23(27)28/h5-9,11-12,16H,1,10,13H2,2-4H3,(H,27,28)/t16-/m1/s1. The van der Waals surface area contributed by atoms with E-state index in [9.17, 15) is 9.59 Å². The molecule has 0 aliphatic rings. The number of aliphatic carboxylic acids is 1. The van der Waals surface area contributed by atoms with Gasteiger partial charge in [0.05, 0.1) is 10.6 Å². The third kappa shape index (κ3) is 4.75. The topological polar surface area (TPSA) is 77.8 Å². The predicted octanol–water partition coefficient (Wildman–Crippen LogP) is 5.15. The predicted molar refractivity (Wildman–Crippen MR) is 120 cm³/mol. The molecule has 1 aromatic heterocycles. The minimum absolute atomic E-state index is 0.164. The van der Waals surface area contributed by atoms with Crippen molar-refractivity contribution < 1.29 is 24.2 Å². The first-order valence-electron chi connectivity index (χ1n) is 9.78. The second-order valence-corrected chi connectivity index (χ2v) is 7.69. The van der Waals surface area contributed by atoms with E-state index >= 15 is 0 Å². The molecule has 0 bridgehead atoms. The molecule has 31 heavy (non-hydrogen) atoms. The normalized spacial score (nSPS) is 11.9. The van der Waals surface area contributed by atoms with Crippen LogP contribution in [0.4, 0.5) is 0 Å². The highest BCUT2D eigenvalue weighted by molar-refractivity contribution is 6.32. The fourth-order valence-corrected chi connectivity index (χ4v) is 3.52. The quantitative estimate of drug-likeness (QED) is 0.386. The Morgan fingerprint density at radius 2 is 1.97 bits per heavy atom. The largest absolute Gasteiger partial charge is 0.479 e. The number of halogens is 1. The number of esters is 1. The van der Waals surface area contributed by atoms with Crippen LogP contribution in [0.1, 0.15) is 34.1 Å². The average Bonchev–Trinajstić information content (AvgIpc) is 2.98. The minimum Gasteiger partial charge on any atom is -0.479 e. The Morgan fingerprint density at radius 1 is 1.23 bits per heavy atom. The number of carboxylic acid groups (broad SMARTS) is 1. The van der Waals surface area contributed by atoms with E-state index in [-0.39, 0.29) is 6.61 Å². The van der Waals surface area contributed by atoms with Crippen molar-refractivity contribution in [1.82, 2.24) is 4.57 Å². The van der Waals surface area contributed by atoms with E-state index in [0.29, 0.717) is 22.9 Å². The molecule has 2 aromatic carbocycles. The first kappa shape index (κ1) is 22.4. The van der Waals surface area contributed by atoms with Crippen LogP contribution in [0, 0.1) is 13.8 Å². The van der Waals surface area contributed by atoms with Gasteiger partial charge >= 0.3 is 11.9 Å². The van der Waals surface area contributed by atoms with Gasteiger partial charge in [-0.15, -0.1) is 0 Å². The lowest BCUT2D eigenvalue weighted by Gasteiger charge is -2.14. The summed E-state index contributed by atoms with van der Waals surface area (Å²) >= 11 is 6.19. The molecule has 3 rings (SSSR count). The zero-order valence-electron chi connectivity index (χ0n) is 17.6. The van der Waals surface area contributed by atoms with Gasteiger partial charge in [-0.3, -0.25) is 0 Å². The van der Waals surface area contributed by atoms with Crippen molar-refractivity contribution >= 4 is 34.4 Å². The lowest BCUT2D eigenvalue weighted by atomic mass is 10.1. The monoisotopic (exact) mass is 441 g/mol. The first-order chi connectivity index (χ1) is 14.7. The number of carboxylic acids is 1. The van der Waals surface area contributed by atoms with Gasteiger partial charge in [0.2, 0.25) is 0 Å². The van der Waals surface area contributed by atoms with Gasteiger partial charge in [-0.25, -0.2) is 9.59 Å². The number of hydrogen-bond acceptors (Lipinski definition) is 4. The highest BCUT2D eigenvalue weighted by Crippen LogP contribution is 2.30. The van der Waals surface area contributed by atoms with Crippen LogP contribution in [0.5, 0.6) is 5.75 Å². The van der Waals surface area contributed by atoms with Crippen LogP contribution in [-0.2, 0) is 16.1 Å². The lowest BCUT2D eigenvalue weighted by molar-refractivity contribution is -0.144. The summed E-state index contributed by atoms with van der Waals surface area (Å²) in [4.78, 5) is 23.3. The van der Waals surface area contributed by atoms with Crippen molar-refractivity contribution in [3.8, 4) is 5.75 Å². The average molecular weight is 442 g/mol. The fourth-order valence-electron chi connectivity index (χ4n) is 3.36. The molecule has 162 valence electrons. The van der Waals surface area contributed by atoms with Gasteiger partial charge in [-0.2, -0.15) is 0 Å². The maximum Gasteiger partial charge on any atom is 0.344 e. The minimum atomic E-state index is -1.06. The van der Waals surface area contributed by atoms with Crippen LogP contribution >= 0.6 is 11.6 Å². The summed E-state index contributed by atoms with van der Waals surface area (Å²) in [5.74, 6) is -1.13. The number of fused-ring (bicyclic) bond motifs is 1. The van der Waals surface area contributed by atoms with Gasteiger partial charge < -0.3 is 19.1 Å². The van der Waals surface area contributed by atoms with E-state index in [0.717, 1.165) is 27.7 Å². The van der Waals surface area contributed by atoms with E-state index in [1.165, 1.54) is 13.0 Å². The highest BCUT2D eigenvalue weighted by Gasteiger charge is 2.17. The van der Waals surface area contributed by atoms with Crippen molar-refractivity contribution in [1.29, 1.82) is 0 Å². The van der Waals surface area contributed by atoms with E-state index in [2.05, 4.69) is 11.1 Å². The molecule has 3 aromatic rings. The Kier molecular flexibility index (Phi) is 6.71. The second-order valence-electron chi connectivity index (χ2n) is 7.28. The maximum absolute atomic E-state index is 12.2. The number of carbonyl (C=O) groups is 2. The zero-order chi connectivity index (χ0) is 22.7. The fraction of sp³-hybridized carbons (Fsp3) is 0.250. The van der Waals surface area contributed by atoms with Gasteiger partial charge in [0.25, 0.3) is 0 Å². The van der Waals surface area contributed by atoms with Crippen LogP contribution in [0.2, 0.25) is 5.02 Å². The Morgan fingerprint density at radius 3 is 2.65 bits per heavy atom. The highest BCUT2D eigenvalue weighted by atomic mass is 35.5. The van der Waals surface area contributed by atoms with Gasteiger partial charge in [0.15, 0.2) is 6.10 Å². The summed E-state index contributed by atoms with van der Waals surface area (Å²) in [6, 6.07) is 10.8. The van der Waals surface area contributed by atoms with Gasteiger partial charge in [0.1, 0.15) is 12.4 Å². The molecular weight excluding hydrogens is 418 g/mol. The lowest BCUT2D eigenvalue weighted by Crippen LogP contribution is -2.23. The Balaban J connectivity index is 1.95. The molecule has 6 nitrogen and oxygen atoms in total. The summed E-state index contributed by atoms with van der Waals surface area (Å²) in [5.41, 5.74) is 4.50. The van der Waals surface area contributed by atoms with E-state index < -0.39 is 18.0 Å². The molecule has 1 atom stereocenters. The van der Waals surface area contributed by atoms with Crippen LogP contribution in [-0.4, -0.2) is 34.3 Å². The molecule has 0 saturated carbocycles. The van der Waals surface area contributed by atoms with Gasteiger partial charge in [0, 0.05) is 23.1 Å². The van der Waals surface area contributed by atoms with Crippen LogP contribution in [0.15, 0.2) is 49.1 Å². The van der Waals surface area contributed by atoms with Crippen molar-refractivity contribution in [3.63, 3.8) is 0 Å². The van der Waals surface area contributed by atoms with Crippen molar-refractivity contribution in [2.24, 2.45) is 0 Å². The van der Waals surface area contributed by atoms with E-state index in [1.807, 2.05) is 32.0 Å². The summed E-state index contributed by atoms with van der Waals surface area (Å²) in [5, 5.41) is 10.4. The molecule has 7 heteroatoms. The molecule has 0 amide bonds. The number of ether oxygens (including phenoxy) is 2. The third-order valence-electron chi connectivity index (χ3n) is 5.19. The number of hydrogen-bond donors (Lipinski definition) is 1. The number of rotatable bonds is 8. The maximum atomic E-state index is 12.2. The van der Waals surface area contributed by atoms with Crippen molar-refractivity contribution in [2.45, 2.75) is 33.4 Å². The summed E-state index contributed by atoms with van der Waals surface area (Å²) in [6.45, 7) is 9.74. The zero-order valence-corrected chi connectivity index (χ0v) is 18.4. The summed E-state index contributed by atoms with van der Waals surface area (Å²) in [7, 11) is 0. The molecule has 0 spiro atoms. The number of nitrogens with zero attached hydrogens (tertiary/aromatic N) is 1. The molecular formula is C24H24ClNO5. The molecule has 0 aliphatic heterocycles. The van der Waals surface area contributed by atoms with Crippen molar-refractivity contribution in [2.75, 3.05) is 6.61 Å². The van der Waals surface area contributed by atoms with E-state index in [1.54, 1.807) is 18.2 Å². The summed E-state index contributed by atoms with van der Waals surface area (Å²) < 4.78 is 12.8. The Hall–Kier alpha value is -3.25. The number of aryl methyl sites for hydroxylation is 1. The first-order valence-corrected chi connectivity index (χ1v) is 10.2. The molecule has 1 N–H and O–H groups in total. The molecule has 0 saturated heterocycles. The van der Waals surface area contributed by atoms with Gasteiger partial charge in [-0.05, 0) is 62.2 Å². The Labute approximate surface area is 185 Å². The number of benzene rings is 2. The van der Waals surface area contributed by atoms with Crippen molar-refractivity contribution in [3.05, 3.63) is 76.5 Å². The molecule has 0 aliphatic carbocycles. The SMILES string of the molecule is C=CCOC(=O)c1ccc2c(c1)c(C)c(C)n2Cc1ccc(Cl)c(O[C@H](C)C(=O)O)c1. The number of aromatic nitrogens is 1. The van der Waals surface area contributed by atoms with Gasteiger partial charge in [-0.1, -0.05) is 30.3 Å². The second kappa shape index (κ2) is 9.27. The number of carbonyl (C=O) groups excluding carboxylic acids is 1. The Bertz CT molecular complexity index is 1160. The van der Waals surface area contributed by atoms with E-state index in [4.69, 9.17) is 26.2 Å². The van der Waals surface area contributed by atoms with Crippen LogP contribution < -0.4 is 4.74 Å². The molecule has 0 unspecified atom stereocenters. The third-order valence-corrected chi connectivity index (χ3v) is 5.51. The summed E-state index contributed by atoms with van der Waals surface area (Å²) in [6.07, 6.45) is 0.521. The van der Waals surface area contributed by atoms with Crippen LogP contribution in [0.25, 0.3) is 10.9 Å².